The third kappa shape index (κ3) is 3.15. The molecule has 4 atom stereocenters. The smallest absolute Gasteiger partial charge is 0.202 e. The van der Waals surface area contributed by atoms with E-state index in [0.29, 0.717) is 28.3 Å². The first-order valence-corrected chi connectivity index (χ1v) is 8.17. The zero-order chi connectivity index (χ0) is 18.3. The average Bonchev–Trinajstić information content (AvgIpc) is 2.62. The van der Waals surface area contributed by atoms with Crippen LogP contribution < -0.4 is 10.2 Å². The van der Waals surface area contributed by atoms with E-state index in [0.717, 1.165) is 0 Å². The number of aliphatic hydroxyl groups is 3. The summed E-state index contributed by atoms with van der Waals surface area (Å²) >= 11 is 0. The van der Waals surface area contributed by atoms with Gasteiger partial charge in [0.15, 0.2) is 16.8 Å². The van der Waals surface area contributed by atoms with Gasteiger partial charge in [-0.3, -0.25) is 4.79 Å². The lowest BCUT2D eigenvalue weighted by Crippen LogP contribution is -2.51. The quantitative estimate of drug-likeness (QED) is 0.578. The van der Waals surface area contributed by atoms with E-state index in [4.69, 9.17) is 13.9 Å². The summed E-state index contributed by atoms with van der Waals surface area (Å²) in [5.41, 5.74) is 1.42. The first kappa shape index (κ1) is 16.9. The van der Waals surface area contributed by atoms with Gasteiger partial charge in [0.05, 0.1) is 12.7 Å². The molecule has 2 aliphatic heterocycles. The molecule has 8 heteroatoms. The van der Waals surface area contributed by atoms with Crippen LogP contribution >= 0.6 is 0 Å². The Morgan fingerprint density at radius 3 is 2.85 bits per heavy atom. The monoisotopic (exact) mass is 359 g/mol. The molecule has 3 N–H and O–H groups in total. The van der Waals surface area contributed by atoms with Gasteiger partial charge in [0, 0.05) is 18.6 Å². The molecule has 2 heterocycles. The fourth-order valence-corrected chi connectivity index (χ4v) is 2.95. The van der Waals surface area contributed by atoms with Crippen LogP contribution in [0.3, 0.4) is 0 Å². The van der Waals surface area contributed by atoms with Crippen molar-refractivity contribution in [3.05, 3.63) is 46.6 Å². The Labute approximate surface area is 147 Å². The molecule has 4 rings (SSSR count). The molecule has 1 aromatic carbocycles. The number of ether oxygens (including phenoxy) is 2. The highest BCUT2D eigenvalue weighted by Crippen LogP contribution is 2.28. The number of aliphatic hydroxyl groups excluding tert-OH is 3. The highest BCUT2D eigenvalue weighted by atomic mass is 16.7. The van der Waals surface area contributed by atoms with Crippen LogP contribution in [-0.4, -0.2) is 51.5 Å². The maximum Gasteiger partial charge on any atom is 0.202 e. The number of nitrogens with zero attached hydrogens (tertiary/aromatic N) is 1. The van der Waals surface area contributed by atoms with Crippen LogP contribution in [0.5, 0.6) is 5.75 Å². The van der Waals surface area contributed by atoms with Gasteiger partial charge in [-0.25, -0.2) is 4.98 Å². The molecule has 3 aliphatic rings. The molecule has 26 heavy (non-hydrogen) atoms. The van der Waals surface area contributed by atoms with E-state index in [-0.39, 0.29) is 11.8 Å². The Morgan fingerprint density at radius 1 is 1.19 bits per heavy atom. The molecule has 1 fully saturated rings. The second kappa shape index (κ2) is 6.65. The number of hydrogen-bond donors (Lipinski definition) is 3. The van der Waals surface area contributed by atoms with Gasteiger partial charge in [0.2, 0.25) is 6.29 Å². The van der Waals surface area contributed by atoms with Crippen molar-refractivity contribution in [2.75, 3.05) is 6.61 Å². The molecule has 0 saturated carbocycles. The van der Waals surface area contributed by atoms with Crippen molar-refractivity contribution >= 4 is 11.1 Å². The molecule has 1 aromatic rings. The van der Waals surface area contributed by atoms with Gasteiger partial charge in [-0.05, 0) is 24.3 Å². The molecule has 0 amide bonds. The maximum absolute atomic E-state index is 11.5. The second-order valence-electron chi connectivity index (χ2n) is 6.17. The van der Waals surface area contributed by atoms with E-state index in [1.165, 1.54) is 12.1 Å². The molecule has 1 saturated heterocycles. The molecule has 0 aromatic heterocycles. The summed E-state index contributed by atoms with van der Waals surface area (Å²) in [6.07, 6.45) is -3.91. The van der Waals surface area contributed by atoms with E-state index in [1.807, 2.05) is 0 Å². The third-order valence-corrected chi connectivity index (χ3v) is 4.31. The minimum absolute atomic E-state index is 0.0579. The van der Waals surface area contributed by atoms with Gasteiger partial charge in [-0.15, -0.1) is 0 Å². The zero-order valence-electron chi connectivity index (χ0n) is 13.6. The van der Waals surface area contributed by atoms with E-state index in [2.05, 4.69) is 4.98 Å². The predicted molar refractivity (Wildman–Crippen MR) is 89.9 cm³/mol. The Morgan fingerprint density at radius 2 is 2.04 bits per heavy atom. The summed E-state index contributed by atoms with van der Waals surface area (Å²) in [6.45, 7) is -0.432. The largest absolute Gasteiger partial charge is 0.465 e. The van der Waals surface area contributed by atoms with E-state index >= 15 is 0 Å². The lowest BCUT2D eigenvalue weighted by atomic mass is 10.0. The molecule has 1 aliphatic carbocycles. The molecular weight excluding hydrogens is 342 g/mol. The summed E-state index contributed by atoms with van der Waals surface area (Å²) in [6, 6.07) is 9.37. The van der Waals surface area contributed by atoms with Crippen molar-refractivity contribution in [1.29, 1.82) is 0 Å². The first-order chi connectivity index (χ1) is 12.5. The Kier molecular flexibility index (Phi) is 4.33. The van der Waals surface area contributed by atoms with Gasteiger partial charge in [0.25, 0.3) is 0 Å². The average molecular weight is 359 g/mol. The van der Waals surface area contributed by atoms with Gasteiger partial charge in [0.1, 0.15) is 29.2 Å². The van der Waals surface area contributed by atoms with E-state index in [1.54, 1.807) is 24.3 Å². The lowest BCUT2D eigenvalue weighted by Gasteiger charge is -2.36. The van der Waals surface area contributed by atoms with Gasteiger partial charge in [-0.2, -0.15) is 0 Å². The lowest BCUT2D eigenvalue weighted by molar-refractivity contribution is -0.229. The van der Waals surface area contributed by atoms with Crippen molar-refractivity contribution in [3.63, 3.8) is 0 Å². The normalized spacial score (nSPS) is 26.3. The van der Waals surface area contributed by atoms with E-state index < -0.39 is 31.2 Å². The van der Waals surface area contributed by atoms with Crippen LogP contribution in [0.4, 0.5) is 0 Å². The maximum atomic E-state index is 11.5. The molecule has 8 nitrogen and oxygen atoms in total. The molecule has 0 spiro atoms. The second-order valence-corrected chi connectivity index (χ2v) is 6.17. The zero-order valence-corrected chi connectivity index (χ0v) is 13.6. The topological polar surface area (TPSA) is 122 Å². The summed E-state index contributed by atoms with van der Waals surface area (Å²) < 4.78 is 16.9. The number of benzene rings is 2. The van der Waals surface area contributed by atoms with Crippen LogP contribution in [0.15, 0.2) is 45.6 Å². The van der Waals surface area contributed by atoms with Crippen LogP contribution in [0.2, 0.25) is 0 Å². The Balaban J connectivity index is 1.62. The molecule has 136 valence electrons. The predicted octanol–water partition coefficient (Wildman–Crippen LogP) is 0.501. The summed E-state index contributed by atoms with van der Waals surface area (Å²) in [5.74, 6) is 0.779. The molecular formula is C18H17NO7. The molecule has 0 unspecified atom stereocenters. The molecule has 0 radical (unpaired) electrons. The van der Waals surface area contributed by atoms with Crippen LogP contribution in [0, 0.1) is 0 Å². The van der Waals surface area contributed by atoms with Crippen molar-refractivity contribution in [2.24, 2.45) is 0 Å². The number of hydrogen-bond acceptors (Lipinski definition) is 8. The van der Waals surface area contributed by atoms with Crippen molar-refractivity contribution in [1.82, 2.24) is 4.98 Å². The Bertz CT molecular complexity index is 956. The minimum atomic E-state index is -1.16. The number of rotatable bonds is 3. The van der Waals surface area contributed by atoms with Gasteiger partial charge in [-0.1, -0.05) is 0 Å². The van der Waals surface area contributed by atoms with Crippen molar-refractivity contribution in [2.45, 2.75) is 31.0 Å². The van der Waals surface area contributed by atoms with Crippen molar-refractivity contribution < 1.29 is 29.2 Å². The molecule has 0 bridgehead atoms. The summed E-state index contributed by atoms with van der Waals surface area (Å²) in [4.78, 5) is 15.9. The third-order valence-electron chi connectivity index (χ3n) is 4.31. The van der Waals surface area contributed by atoms with Gasteiger partial charge >= 0.3 is 0 Å². The number of fused-ring (bicyclic) bond motifs is 2. The van der Waals surface area contributed by atoms with Crippen LogP contribution in [0.25, 0.3) is 22.6 Å². The standard InChI is InChI=1S/C18H17NO7/c20-8-16-18(23)13(22)7-17(26-16)24-10-2-4-12-15(6-10)25-14-5-9(21)1-3-11(14)19-12/h1-6,13,16-18,20,22-23H,7-8H2/t13-,16-,17-,18-/m1/s1. The summed E-state index contributed by atoms with van der Waals surface area (Å²) in [7, 11) is 0. The summed E-state index contributed by atoms with van der Waals surface area (Å²) in [5, 5.41) is 28.8. The van der Waals surface area contributed by atoms with Crippen LogP contribution in [0.1, 0.15) is 6.42 Å². The SMILES string of the molecule is O=c1ccc2nc3ccc(O[C@H]4C[C@@H](O)[C@@H](O)[C@@H](CO)O4)cc3oc-2c1. The Hall–Kier alpha value is -2.52. The van der Waals surface area contributed by atoms with Crippen molar-refractivity contribution in [3.8, 4) is 17.2 Å². The fourth-order valence-electron chi connectivity index (χ4n) is 2.95. The van der Waals surface area contributed by atoms with Crippen LogP contribution in [-0.2, 0) is 4.74 Å². The minimum Gasteiger partial charge on any atom is -0.465 e. The highest BCUT2D eigenvalue weighted by Gasteiger charge is 2.37. The van der Waals surface area contributed by atoms with Gasteiger partial charge < -0.3 is 29.2 Å². The number of aromatic nitrogens is 1. The van der Waals surface area contributed by atoms with E-state index in [9.17, 15) is 20.1 Å². The fraction of sp³-hybridized carbons (Fsp3) is 0.333. The first-order valence-electron chi connectivity index (χ1n) is 8.17. The highest BCUT2D eigenvalue weighted by molar-refractivity contribution is 5.77.